The zero-order chi connectivity index (χ0) is 26.1. The number of carbonyl (C=O) groups is 3. The molecule has 1 aromatic carbocycles. The molecule has 0 unspecified atom stereocenters. The van der Waals surface area contributed by atoms with E-state index in [-0.39, 0.29) is 24.8 Å². The van der Waals surface area contributed by atoms with E-state index in [0.717, 1.165) is 18.5 Å². The molecule has 1 aromatic heterocycles. The maximum atomic E-state index is 12.5. The number of likely N-dealkylation sites (tertiary alicyclic amines) is 1. The lowest BCUT2D eigenvalue weighted by molar-refractivity contribution is 0.0515. The molecule has 0 bridgehead atoms. The van der Waals surface area contributed by atoms with E-state index in [1.54, 1.807) is 26.8 Å². The number of aromatic nitrogens is 1. The molecule has 2 N–H and O–H groups in total. The lowest BCUT2D eigenvalue weighted by atomic mass is 10.1. The van der Waals surface area contributed by atoms with Gasteiger partial charge in [-0.15, -0.1) is 0 Å². The van der Waals surface area contributed by atoms with Crippen molar-refractivity contribution >= 4 is 18.2 Å². The van der Waals surface area contributed by atoms with E-state index in [1.165, 1.54) is 7.11 Å². The molecule has 0 saturated carbocycles. The molecule has 11 nitrogen and oxygen atoms in total. The predicted molar refractivity (Wildman–Crippen MR) is 129 cm³/mol. The Morgan fingerprint density at radius 2 is 1.94 bits per heavy atom. The van der Waals surface area contributed by atoms with E-state index >= 15 is 0 Å². The summed E-state index contributed by atoms with van der Waals surface area (Å²) in [5.41, 5.74) is 0.915. The molecule has 3 rings (SSSR count). The van der Waals surface area contributed by atoms with E-state index in [9.17, 15) is 14.4 Å². The third kappa shape index (κ3) is 8.56. The van der Waals surface area contributed by atoms with Crippen molar-refractivity contribution in [1.29, 1.82) is 0 Å². The summed E-state index contributed by atoms with van der Waals surface area (Å²) >= 11 is 0. The quantitative estimate of drug-likeness (QED) is 0.392. The minimum atomic E-state index is -0.634. The number of benzene rings is 1. The van der Waals surface area contributed by atoms with Crippen LogP contribution in [-0.4, -0.2) is 73.1 Å². The molecular weight excluding hydrogens is 468 g/mol. The molecule has 11 heteroatoms. The Bertz CT molecular complexity index is 1020. The van der Waals surface area contributed by atoms with Gasteiger partial charge >= 0.3 is 18.2 Å². The third-order valence-electron chi connectivity index (χ3n) is 5.51. The zero-order valence-corrected chi connectivity index (χ0v) is 21.1. The summed E-state index contributed by atoms with van der Waals surface area (Å²) in [4.78, 5) is 38.5. The molecular formula is C25H34N4O7. The fourth-order valence-corrected chi connectivity index (χ4v) is 3.84. The number of hydrogen-bond acceptors (Lipinski definition) is 9. The van der Waals surface area contributed by atoms with Crippen LogP contribution in [0.2, 0.25) is 0 Å². The van der Waals surface area contributed by atoms with Crippen molar-refractivity contribution in [3.8, 4) is 0 Å². The van der Waals surface area contributed by atoms with Crippen molar-refractivity contribution in [2.75, 3.05) is 33.3 Å². The maximum absolute atomic E-state index is 12.5. The Balaban J connectivity index is 1.57. The second-order valence-electron chi connectivity index (χ2n) is 9.64. The van der Waals surface area contributed by atoms with Gasteiger partial charge < -0.3 is 34.3 Å². The van der Waals surface area contributed by atoms with Crippen LogP contribution in [0.4, 0.5) is 9.59 Å². The van der Waals surface area contributed by atoms with Gasteiger partial charge in [0.15, 0.2) is 0 Å². The number of rotatable bonds is 9. The van der Waals surface area contributed by atoms with Crippen molar-refractivity contribution in [3.05, 3.63) is 53.4 Å². The van der Waals surface area contributed by atoms with Crippen LogP contribution >= 0.6 is 0 Å². The van der Waals surface area contributed by atoms with Gasteiger partial charge in [0, 0.05) is 31.6 Å². The van der Waals surface area contributed by atoms with Crippen LogP contribution in [-0.2, 0) is 20.8 Å². The molecule has 1 aliphatic rings. The van der Waals surface area contributed by atoms with Gasteiger partial charge in [-0.3, -0.25) is 0 Å². The number of amides is 2. The molecule has 36 heavy (non-hydrogen) atoms. The van der Waals surface area contributed by atoms with Crippen LogP contribution < -0.4 is 10.6 Å². The lowest BCUT2D eigenvalue weighted by Gasteiger charge is -2.26. The Hall–Kier alpha value is -3.60. The van der Waals surface area contributed by atoms with Gasteiger partial charge in [0.2, 0.25) is 5.76 Å². The fourth-order valence-electron chi connectivity index (χ4n) is 3.84. The standard InChI is InChI=1S/C25H34N4O7/c1-25(2,3)35-23(31)26-13-19(27-24(32)34-16-17-8-6-5-7-9-17)15-29-11-10-18(14-29)20-12-21(36-28-20)22(30)33-4/h5-9,12,18-19H,10-11,13-16H2,1-4H3,(H,26,31)(H,27,32)/t18-,19-/m1/s1. The van der Waals surface area contributed by atoms with Gasteiger partial charge in [-0.05, 0) is 39.3 Å². The van der Waals surface area contributed by atoms with Crippen molar-refractivity contribution in [2.45, 2.75) is 51.4 Å². The van der Waals surface area contributed by atoms with Crippen molar-refractivity contribution < 1.29 is 33.1 Å². The van der Waals surface area contributed by atoms with Crippen LogP contribution in [0.1, 0.15) is 54.9 Å². The molecule has 1 aliphatic heterocycles. The lowest BCUT2D eigenvalue weighted by Crippen LogP contribution is -2.50. The molecule has 0 aliphatic carbocycles. The van der Waals surface area contributed by atoms with Crippen molar-refractivity contribution in [3.63, 3.8) is 0 Å². The Morgan fingerprint density at radius 1 is 1.19 bits per heavy atom. The number of esters is 1. The second kappa shape index (κ2) is 12.4. The first kappa shape index (κ1) is 27.0. The first-order valence-corrected chi connectivity index (χ1v) is 11.8. The number of ether oxygens (including phenoxy) is 3. The van der Waals surface area contributed by atoms with Crippen LogP contribution in [0.15, 0.2) is 40.9 Å². The molecule has 2 heterocycles. The second-order valence-corrected chi connectivity index (χ2v) is 9.64. The number of methoxy groups -OCH3 is 1. The molecule has 1 fully saturated rings. The molecule has 2 aromatic rings. The van der Waals surface area contributed by atoms with Gasteiger partial charge in [0.05, 0.1) is 18.8 Å². The SMILES string of the molecule is COC(=O)c1cc([C@@H]2CCN(C[C@@H](CNC(=O)OC(C)(C)C)NC(=O)OCc3ccccc3)C2)no1. The van der Waals surface area contributed by atoms with Crippen molar-refractivity contribution in [2.24, 2.45) is 0 Å². The highest BCUT2D eigenvalue weighted by atomic mass is 16.6. The smallest absolute Gasteiger partial charge is 0.407 e. The van der Waals surface area contributed by atoms with Crippen molar-refractivity contribution in [1.82, 2.24) is 20.7 Å². The van der Waals surface area contributed by atoms with E-state index in [2.05, 4.69) is 25.4 Å². The number of nitrogens with zero attached hydrogens (tertiary/aromatic N) is 2. The summed E-state index contributed by atoms with van der Waals surface area (Å²) in [7, 11) is 1.28. The van der Waals surface area contributed by atoms with Crippen LogP contribution in [0.25, 0.3) is 0 Å². The minimum Gasteiger partial charge on any atom is -0.463 e. The van der Waals surface area contributed by atoms with Gasteiger partial charge in [-0.25, -0.2) is 14.4 Å². The third-order valence-corrected chi connectivity index (χ3v) is 5.51. The van der Waals surface area contributed by atoms with Gasteiger partial charge in [0.25, 0.3) is 0 Å². The highest BCUT2D eigenvalue weighted by molar-refractivity contribution is 5.86. The highest BCUT2D eigenvalue weighted by Crippen LogP contribution is 2.27. The summed E-state index contributed by atoms with van der Waals surface area (Å²) in [6.07, 6.45) is -0.341. The number of carbonyl (C=O) groups excluding carboxylic acids is 3. The van der Waals surface area contributed by atoms with E-state index in [0.29, 0.717) is 18.8 Å². The molecule has 196 valence electrons. The topological polar surface area (TPSA) is 132 Å². The number of alkyl carbamates (subject to hydrolysis) is 2. The minimum absolute atomic E-state index is 0.0632. The molecule has 2 amide bonds. The average Bonchev–Trinajstić information content (AvgIpc) is 3.50. The Labute approximate surface area is 210 Å². The molecule has 1 saturated heterocycles. The summed E-state index contributed by atoms with van der Waals surface area (Å²) in [6.45, 7) is 7.50. The van der Waals surface area contributed by atoms with E-state index < -0.39 is 29.8 Å². The number of hydrogen-bond donors (Lipinski definition) is 2. The molecule has 0 spiro atoms. The summed E-state index contributed by atoms with van der Waals surface area (Å²) < 4.78 is 20.4. The average molecular weight is 503 g/mol. The monoisotopic (exact) mass is 502 g/mol. The van der Waals surface area contributed by atoms with Crippen LogP contribution in [0.3, 0.4) is 0 Å². The van der Waals surface area contributed by atoms with E-state index in [1.807, 2.05) is 30.3 Å². The summed E-state index contributed by atoms with van der Waals surface area (Å²) in [5.74, 6) is -0.444. The Morgan fingerprint density at radius 3 is 2.64 bits per heavy atom. The summed E-state index contributed by atoms with van der Waals surface area (Å²) in [5, 5.41) is 9.58. The van der Waals surface area contributed by atoms with Gasteiger partial charge in [-0.2, -0.15) is 0 Å². The first-order valence-electron chi connectivity index (χ1n) is 11.8. The van der Waals surface area contributed by atoms with Crippen LogP contribution in [0.5, 0.6) is 0 Å². The fraction of sp³-hybridized carbons (Fsp3) is 0.520. The number of nitrogens with one attached hydrogen (secondary N) is 2. The van der Waals surface area contributed by atoms with E-state index in [4.69, 9.17) is 14.0 Å². The maximum Gasteiger partial charge on any atom is 0.407 e. The molecule has 2 atom stereocenters. The molecule has 0 radical (unpaired) electrons. The van der Waals surface area contributed by atoms with Crippen LogP contribution in [0, 0.1) is 0 Å². The normalized spacial score (nSPS) is 16.7. The Kier molecular flexibility index (Phi) is 9.29. The van der Waals surface area contributed by atoms with Gasteiger partial charge in [-0.1, -0.05) is 35.5 Å². The zero-order valence-electron chi connectivity index (χ0n) is 21.1. The largest absolute Gasteiger partial charge is 0.463 e. The highest BCUT2D eigenvalue weighted by Gasteiger charge is 2.30. The predicted octanol–water partition coefficient (Wildman–Crippen LogP) is 3.07. The van der Waals surface area contributed by atoms with Gasteiger partial charge in [0.1, 0.15) is 12.2 Å². The first-order chi connectivity index (χ1) is 17.1. The summed E-state index contributed by atoms with van der Waals surface area (Å²) in [6, 6.07) is 10.5.